The van der Waals surface area contributed by atoms with Gasteiger partial charge < -0.3 is 13.9 Å². The summed E-state index contributed by atoms with van der Waals surface area (Å²) in [6.07, 6.45) is 1.24. The van der Waals surface area contributed by atoms with Crippen molar-refractivity contribution in [3.05, 3.63) is 97.8 Å². The highest BCUT2D eigenvalue weighted by Gasteiger charge is 2.15. The summed E-state index contributed by atoms with van der Waals surface area (Å²) >= 11 is 11.9. The van der Waals surface area contributed by atoms with Gasteiger partial charge in [-0.15, -0.1) is 0 Å². The highest BCUT2D eigenvalue weighted by atomic mass is 35.5. The SMILES string of the molecule is Cc1cc(C)cc(Oc2coc3cc(OC(=O)c4ccc(Cl)cc4Cl)ccc3c2=O)c1. The lowest BCUT2D eigenvalue weighted by molar-refractivity contribution is 0.0735. The van der Waals surface area contributed by atoms with E-state index in [4.69, 9.17) is 37.1 Å². The first-order chi connectivity index (χ1) is 14.8. The molecule has 7 heteroatoms. The number of hydrogen-bond acceptors (Lipinski definition) is 5. The number of rotatable bonds is 4. The maximum atomic E-state index is 12.8. The van der Waals surface area contributed by atoms with Crippen LogP contribution in [-0.2, 0) is 0 Å². The van der Waals surface area contributed by atoms with Gasteiger partial charge in [-0.3, -0.25) is 4.79 Å². The number of aryl methyl sites for hydroxylation is 2. The van der Waals surface area contributed by atoms with Crippen LogP contribution in [0.4, 0.5) is 0 Å². The van der Waals surface area contributed by atoms with Gasteiger partial charge in [0.05, 0.1) is 16.0 Å². The van der Waals surface area contributed by atoms with Crippen LogP contribution in [0.5, 0.6) is 17.2 Å². The van der Waals surface area contributed by atoms with Crippen LogP contribution in [0.3, 0.4) is 0 Å². The minimum atomic E-state index is -0.655. The van der Waals surface area contributed by atoms with E-state index in [1.807, 2.05) is 32.0 Å². The molecule has 0 aliphatic heterocycles. The third kappa shape index (κ3) is 4.58. The van der Waals surface area contributed by atoms with Crippen molar-refractivity contribution in [1.29, 1.82) is 0 Å². The molecule has 0 aliphatic carbocycles. The molecule has 156 valence electrons. The van der Waals surface area contributed by atoms with E-state index in [1.165, 1.54) is 36.6 Å². The minimum absolute atomic E-state index is 0.0650. The maximum Gasteiger partial charge on any atom is 0.345 e. The Morgan fingerprint density at radius 3 is 2.35 bits per heavy atom. The number of carbonyl (C=O) groups excluding carboxylic acids is 1. The Morgan fingerprint density at radius 2 is 1.65 bits per heavy atom. The van der Waals surface area contributed by atoms with Crippen molar-refractivity contribution in [2.24, 2.45) is 0 Å². The normalized spacial score (nSPS) is 10.8. The van der Waals surface area contributed by atoms with Crippen LogP contribution >= 0.6 is 23.2 Å². The molecule has 0 aliphatic rings. The number of halogens is 2. The first-order valence-electron chi connectivity index (χ1n) is 9.29. The molecule has 0 radical (unpaired) electrons. The molecule has 0 fully saturated rings. The molecule has 5 nitrogen and oxygen atoms in total. The van der Waals surface area contributed by atoms with E-state index in [0.29, 0.717) is 16.2 Å². The summed E-state index contributed by atoms with van der Waals surface area (Å²) in [7, 11) is 0. The van der Waals surface area contributed by atoms with E-state index < -0.39 is 5.97 Å². The molecular weight excluding hydrogens is 439 g/mol. The van der Waals surface area contributed by atoms with Gasteiger partial charge in [0.1, 0.15) is 23.3 Å². The van der Waals surface area contributed by atoms with Crippen molar-refractivity contribution in [2.45, 2.75) is 13.8 Å². The van der Waals surface area contributed by atoms with E-state index >= 15 is 0 Å². The van der Waals surface area contributed by atoms with Crippen LogP contribution in [-0.4, -0.2) is 5.97 Å². The number of esters is 1. The summed E-state index contributed by atoms with van der Waals surface area (Å²) in [6.45, 7) is 3.89. The third-order valence-corrected chi connectivity index (χ3v) is 5.05. The number of ether oxygens (including phenoxy) is 2. The molecule has 1 heterocycles. The molecule has 3 aromatic carbocycles. The standard InChI is InChI=1S/C24H16Cl2O5/c1-13-7-14(2)9-17(8-13)30-22-12-29-21-11-16(4-6-19(21)23(22)27)31-24(28)18-5-3-15(25)10-20(18)26/h3-12H,1-2H3. The predicted octanol–water partition coefficient (Wildman–Crippen LogP) is 6.73. The molecule has 0 amide bonds. The quantitative estimate of drug-likeness (QED) is 0.252. The van der Waals surface area contributed by atoms with Gasteiger partial charge in [-0.1, -0.05) is 29.3 Å². The summed E-state index contributed by atoms with van der Waals surface area (Å²) in [6, 6.07) is 14.6. The highest BCUT2D eigenvalue weighted by Crippen LogP contribution is 2.27. The Balaban J connectivity index is 1.61. The van der Waals surface area contributed by atoms with Gasteiger partial charge in [0.15, 0.2) is 0 Å². The van der Waals surface area contributed by atoms with Gasteiger partial charge in [0, 0.05) is 11.1 Å². The first kappa shape index (κ1) is 21.0. The smallest absolute Gasteiger partial charge is 0.345 e. The molecule has 0 spiro atoms. The third-order valence-electron chi connectivity index (χ3n) is 4.50. The van der Waals surface area contributed by atoms with Crippen LogP contribution in [0.1, 0.15) is 21.5 Å². The van der Waals surface area contributed by atoms with Crippen molar-refractivity contribution in [3.8, 4) is 17.2 Å². The lowest BCUT2D eigenvalue weighted by atomic mass is 10.1. The van der Waals surface area contributed by atoms with Gasteiger partial charge in [0.2, 0.25) is 11.2 Å². The van der Waals surface area contributed by atoms with Crippen LogP contribution in [0, 0.1) is 13.8 Å². The maximum absolute atomic E-state index is 12.8. The zero-order valence-corrected chi connectivity index (χ0v) is 18.1. The lowest BCUT2D eigenvalue weighted by Crippen LogP contribution is -2.10. The predicted molar refractivity (Wildman–Crippen MR) is 120 cm³/mol. The number of fused-ring (bicyclic) bond motifs is 1. The summed E-state index contributed by atoms with van der Waals surface area (Å²) in [5.74, 6) is 0.164. The minimum Gasteiger partial charge on any atom is -0.460 e. The first-order valence-corrected chi connectivity index (χ1v) is 10.0. The Hall–Kier alpha value is -3.28. The topological polar surface area (TPSA) is 65.7 Å². The fraction of sp³-hybridized carbons (Fsp3) is 0.0833. The van der Waals surface area contributed by atoms with Gasteiger partial charge in [0.25, 0.3) is 0 Å². The monoisotopic (exact) mass is 454 g/mol. The van der Waals surface area contributed by atoms with E-state index in [2.05, 4.69) is 0 Å². The molecular formula is C24H16Cl2O5. The van der Waals surface area contributed by atoms with E-state index in [1.54, 1.807) is 6.07 Å². The van der Waals surface area contributed by atoms with Gasteiger partial charge in [-0.05, 0) is 67.4 Å². The van der Waals surface area contributed by atoms with Gasteiger partial charge in [-0.25, -0.2) is 4.79 Å². The molecule has 1 aromatic heterocycles. The summed E-state index contributed by atoms with van der Waals surface area (Å²) in [5.41, 5.74) is 2.13. The summed E-state index contributed by atoms with van der Waals surface area (Å²) in [5, 5.41) is 0.886. The van der Waals surface area contributed by atoms with Crippen molar-refractivity contribution >= 4 is 40.1 Å². The fourth-order valence-electron chi connectivity index (χ4n) is 3.16. The van der Waals surface area contributed by atoms with Gasteiger partial charge in [-0.2, -0.15) is 0 Å². The second-order valence-electron chi connectivity index (χ2n) is 7.03. The molecule has 0 N–H and O–H groups in total. The van der Waals surface area contributed by atoms with Crippen molar-refractivity contribution < 1.29 is 18.7 Å². The van der Waals surface area contributed by atoms with E-state index in [9.17, 15) is 9.59 Å². The average molecular weight is 455 g/mol. The molecule has 4 aromatic rings. The zero-order chi connectivity index (χ0) is 22.1. The lowest BCUT2D eigenvalue weighted by Gasteiger charge is -2.09. The fourth-order valence-corrected chi connectivity index (χ4v) is 3.65. The Morgan fingerprint density at radius 1 is 0.903 bits per heavy atom. The molecule has 4 rings (SSSR count). The molecule has 0 saturated heterocycles. The molecule has 0 saturated carbocycles. The second kappa shape index (κ2) is 8.46. The molecule has 0 unspecified atom stereocenters. The van der Waals surface area contributed by atoms with Crippen LogP contribution in [0.2, 0.25) is 10.0 Å². The Bertz CT molecular complexity index is 1350. The molecule has 0 atom stereocenters. The Kier molecular flexibility index (Phi) is 5.72. The molecule has 31 heavy (non-hydrogen) atoms. The Labute approximate surface area is 187 Å². The van der Waals surface area contributed by atoms with Crippen molar-refractivity contribution in [3.63, 3.8) is 0 Å². The number of hydrogen-bond donors (Lipinski definition) is 0. The number of carbonyl (C=O) groups is 1. The average Bonchev–Trinajstić information content (AvgIpc) is 2.69. The van der Waals surface area contributed by atoms with E-state index in [-0.39, 0.29) is 33.1 Å². The summed E-state index contributed by atoms with van der Waals surface area (Å²) < 4.78 is 16.7. The molecule has 0 bridgehead atoms. The zero-order valence-electron chi connectivity index (χ0n) is 16.6. The van der Waals surface area contributed by atoms with Crippen molar-refractivity contribution in [2.75, 3.05) is 0 Å². The number of benzene rings is 3. The highest BCUT2D eigenvalue weighted by molar-refractivity contribution is 6.36. The van der Waals surface area contributed by atoms with Crippen LogP contribution < -0.4 is 14.9 Å². The summed E-state index contributed by atoms with van der Waals surface area (Å²) in [4.78, 5) is 25.2. The van der Waals surface area contributed by atoms with Crippen LogP contribution in [0.15, 0.2) is 70.1 Å². The largest absolute Gasteiger partial charge is 0.460 e. The van der Waals surface area contributed by atoms with Crippen molar-refractivity contribution in [1.82, 2.24) is 0 Å². The van der Waals surface area contributed by atoms with Gasteiger partial charge >= 0.3 is 5.97 Å². The van der Waals surface area contributed by atoms with E-state index in [0.717, 1.165) is 11.1 Å². The second-order valence-corrected chi connectivity index (χ2v) is 7.87. The van der Waals surface area contributed by atoms with Crippen LogP contribution in [0.25, 0.3) is 11.0 Å².